The predicted molar refractivity (Wildman–Crippen MR) is 125 cm³/mol. The van der Waals surface area contributed by atoms with Crippen LogP contribution in [-0.4, -0.2) is 23.2 Å². The number of hydrogen-bond acceptors (Lipinski definition) is 5. The fourth-order valence-electron chi connectivity index (χ4n) is 3.30. The van der Waals surface area contributed by atoms with Crippen molar-refractivity contribution in [2.75, 3.05) is 0 Å². The van der Waals surface area contributed by atoms with E-state index in [-0.39, 0.29) is 16.1 Å². The Kier molecular flexibility index (Phi) is 7.56. The van der Waals surface area contributed by atoms with E-state index in [9.17, 15) is 8.42 Å². The molecule has 1 heterocycles. The van der Waals surface area contributed by atoms with Gasteiger partial charge >= 0.3 is 0 Å². The molecule has 1 N–H and O–H groups in total. The summed E-state index contributed by atoms with van der Waals surface area (Å²) in [4.78, 5) is 0.249. The van der Waals surface area contributed by atoms with Crippen molar-refractivity contribution in [3.63, 3.8) is 0 Å². The van der Waals surface area contributed by atoms with Crippen molar-refractivity contribution in [1.82, 2.24) is 19.5 Å². The Balaban J connectivity index is 1.89. The first kappa shape index (κ1) is 23.5. The minimum Gasteiger partial charge on any atom is -0.305 e. The van der Waals surface area contributed by atoms with Gasteiger partial charge in [0.05, 0.1) is 10.9 Å². The van der Waals surface area contributed by atoms with E-state index < -0.39 is 16.1 Å². The highest BCUT2D eigenvalue weighted by molar-refractivity contribution is 7.99. The molecule has 8 heteroatoms. The van der Waals surface area contributed by atoms with Crippen molar-refractivity contribution in [3.05, 3.63) is 71.5 Å². The Morgan fingerprint density at radius 1 is 1.00 bits per heavy atom. The van der Waals surface area contributed by atoms with Crippen molar-refractivity contribution in [2.24, 2.45) is 5.92 Å². The number of benzene rings is 2. The maximum atomic E-state index is 13.0. The van der Waals surface area contributed by atoms with Gasteiger partial charge in [-0.2, -0.15) is 0 Å². The summed E-state index contributed by atoms with van der Waals surface area (Å²) in [5.41, 5.74) is 2.22. The molecule has 31 heavy (non-hydrogen) atoms. The number of nitrogens with one attached hydrogen (secondary N) is 1. The van der Waals surface area contributed by atoms with Gasteiger partial charge in [-0.3, -0.25) is 0 Å². The third-order valence-electron chi connectivity index (χ3n) is 5.17. The highest BCUT2D eigenvalue weighted by Gasteiger charge is 2.29. The van der Waals surface area contributed by atoms with Gasteiger partial charge in [0.2, 0.25) is 10.0 Å². The van der Waals surface area contributed by atoms with Crippen molar-refractivity contribution in [1.29, 1.82) is 0 Å². The second kappa shape index (κ2) is 9.97. The average molecular weight is 459 g/mol. The Hall–Kier alpha value is -2.16. The normalized spacial score (nSPS) is 14.0. The molecule has 0 aliphatic carbocycles. The first-order valence-electron chi connectivity index (χ1n) is 10.5. The number of hydrogen-bond donors (Lipinski definition) is 1. The minimum absolute atomic E-state index is 0.000815. The van der Waals surface area contributed by atoms with Crippen LogP contribution in [0.3, 0.4) is 0 Å². The lowest BCUT2D eigenvalue weighted by molar-refractivity contribution is 0.424. The monoisotopic (exact) mass is 458 g/mol. The first-order chi connectivity index (χ1) is 14.7. The Bertz CT molecular complexity index is 1090. The van der Waals surface area contributed by atoms with E-state index in [1.54, 1.807) is 36.0 Å². The Labute approximate surface area is 189 Å². The summed E-state index contributed by atoms with van der Waals surface area (Å²) in [5, 5.41) is 9.81. The Morgan fingerprint density at radius 3 is 2.23 bits per heavy atom. The molecular weight excluding hydrogens is 428 g/mol. The van der Waals surface area contributed by atoms with E-state index in [1.165, 1.54) is 5.56 Å². The molecule has 0 spiro atoms. The molecule has 6 nitrogen and oxygen atoms in total. The van der Waals surface area contributed by atoms with Crippen LogP contribution >= 0.6 is 11.8 Å². The average Bonchev–Trinajstić information content (AvgIpc) is 3.14. The van der Waals surface area contributed by atoms with Crippen LogP contribution in [0.15, 0.2) is 64.6 Å². The summed E-state index contributed by atoms with van der Waals surface area (Å²) in [6.07, 6.45) is 0. The van der Waals surface area contributed by atoms with Crippen molar-refractivity contribution in [2.45, 2.75) is 62.5 Å². The van der Waals surface area contributed by atoms with E-state index in [1.807, 2.05) is 50.5 Å². The molecule has 3 aromatic rings. The zero-order valence-corrected chi connectivity index (χ0v) is 20.2. The SMILES string of the molecule is CCn1c(SC(C)c2ccccc2)nnc1C(NS(=O)(=O)c1ccc(C)cc1)C(C)C. The van der Waals surface area contributed by atoms with Gasteiger partial charge < -0.3 is 4.57 Å². The maximum absolute atomic E-state index is 13.0. The molecule has 0 aliphatic heterocycles. The van der Waals surface area contributed by atoms with Gasteiger partial charge in [-0.15, -0.1) is 10.2 Å². The van der Waals surface area contributed by atoms with E-state index in [0.29, 0.717) is 12.4 Å². The summed E-state index contributed by atoms with van der Waals surface area (Å²) in [6, 6.07) is 16.6. The van der Waals surface area contributed by atoms with E-state index >= 15 is 0 Å². The first-order valence-corrected chi connectivity index (χ1v) is 12.8. The van der Waals surface area contributed by atoms with Gasteiger partial charge in [-0.1, -0.05) is 73.6 Å². The molecule has 0 fully saturated rings. The lowest BCUT2D eigenvalue weighted by Gasteiger charge is -2.22. The molecule has 0 amide bonds. The van der Waals surface area contributed by atoms with Gasteiger partial charge in [0.25, 0.3) is 0 Å². The highest BCUT2D eigenvalue weighted by atomic mass is 32.2. The fourth-order valence-corrected chi connectivity index (χ4v) is 5.69. The van der Waals surface area contributed by atoms with Crippen molar-refractivity contribution in [3.8, 4) is 0 Å². The molecule has 3 rings (SSSR count). The smallest absolute Gasteiger partial charge is 0.241 e. The second-order valence-electron chi connectivity index (χ2n) is 7.91. The number of rotatable bonds is 9. The van der Waals surface area contributed by atoms with Gasteiger partial charge in [0.15, 0.2) is 11.0 Å². The summed E-state index contributed by atoms with van der Waals surface area (Å²) >= 11 is 1.63. The molecule has 0 saturated carbocycles. The number of aryl methyl sites for hydroxylation is 1. The number of nitrogens with zero attached hydrogens (tertiary/aromatic N) is 3. The summed E-state index contributed by atoms with van der Waals surface area (Å²) in [6.45, 7) is 10.7. The third kappa shape index (κ3) is 5.56. The summed E-state index contributed by atoms with van der Waals surface area (Å²) in [5.74, 6) is 0.634. The lowest BCUT2D eigenvalue weighted by Crippen LogP contribution is -2.33. The van der Waals surface area contributed by atoms with Crippen LogP contribution in [0.5, 0.6) is 0 Å². The zero-order valence-electron chi connectivity index (χ0n) is 18.6. The van der Waals surface area contributed by atoms with E-state index in [4.69, 9.17) is 0 Å². The molecule has 0 bridgehead atoms. The fraction of sp³-hybridized carbons (Fsp3) is 0.391. The van der Waals surface area contributed by atoms with Crippen LogP contribution in [0.25, 0.3) is 0 Å². The standard InChI is InChI=1S/C23H30N4O2S2/c1-6-27-22(24-25-23(27)30-18(5)19-10-8-7-9-11-19)21(16(2)3)26-31(28,29)20-14-12-17(4)13-15-20/h7-16,18,21,26H,6H2,1-5H3. The molecule has 0 aliphatic rings. The molecular formula is C23H30N4O2S2. The summed E-state index contributed by atoms with van der Waals surface area (Å²) < 4.78 is 30.9. The number of sulfonamides is 1. The molecule has 2 unspecified atom stereocenters. The van der Waals surface area contributed by atoms with Gasteiger partial charge in [-0.25, -0.2) is 13.1 Å². The highest BCUT2D eigenvalue weighted by Crippen LogP contribution is 2.35. The minimum atomic E-state index is -3.69. The van der Waals surface area contributed by atoms with Gasteiger partial charge in [-0.05, 0) is 44.4 Å². The maximum Gasteiger partial charge on any atom is 0.241 e. The molecule has 166 valence electrons. The number of thioether (sulfide) groups is 1. The van der Waals surface area contributed by atoms with Crippen molar-refractivity contribution >= 4 is 21.8 Å². The largest absolute Gasteiger partial charge is 0.305 e. The quantitative estimate of drug-likeness (QED) is 0.450. The van der Waals surface area contributed by atoms with Gasteiger partial charge in [0, 0.05) is 11.8 Å². The number of aromatic nitrogens is 3. The van der Waals surface area contributed by atoms with Crippen LogP contribution in [-0.2, 0) is 16.6 Å². The zero-order chi connectivity index (χ0) is 22.6. The van der Waals surface area contributed by atoms with Crippen LogP contribution in [0.4, 0.5) is 0 Å². The van der Waals surface area contributed by atoms with Gasteiger partial charge in [0.1, 0.15) is 0 Å². The molecule has 0 radical (unpaired) electrons. The summed E-state index contributed by atoms with van der Waals surface area (Å²) in [7, 11) is -3.69. The molecule has 0 saturated heterocycles. The topological polar surface area (TPSA) is 76.9 Å². The molecule has 2 aromatic carbocycles. The third-order valence-corrected chi connectivity index (χ3v) is 7.77. The van der Waals surface area contributed by atoms with Crippen molar-refractivity contribution < 1.29 is 8.42 Å². The molecule has 1 aromatic heterocycles. The van der Waals surface area contributed by atoms with Crippen LogP contribution < -0.4 is 4.72 Å². The van der Waals surface area contributed by atoms with E-state index in [2.05, 4.69) is 34.0 Å². The Morgan fingerprint density at radius 2 is 1.65 bits per heavy atom. The van der Waals surface area contributed by atoms with Crippen LogP contribution in [0.1, 0.15) is 55.9 Å². The predicted octanol–water partition coefficient (Wildman–Crippen LogP) is 5.14. The van der Waals surface area contributed by atoms with E-state index in [0.717, 1.165) is 10.7 Å². The van der Waals surface area contributed by atoms with Crippen LogP contribution in [0, 0.1) is 12.8 Å². The second-order valence-corrected chi connectivity index (χ2v) is 10.9. The van der Waals surface area contributed by atoms with Crippen LogP contribution in [0.2, 0.25) is 0 Å². The molecule has 2 atom stereocenters. The lowest BCUT2D eigenvalue weighted by atomic mass is 10.1.